The Morgan fingerprint density at radius 3 is 2.42 bits per heavy atom. The minimum absolute atomic E-state index is 0.0218. The first kappa shape index (κ1) is 17.7. The third-order valence-corrected chi connectivity index (χ3v) is 3.87. The van der Waals surface area contributed by atoms with Crippen LogP contribution in [0.25, 0.3) is 5.69 Å². The smallest absolute Gasteiger partial charge is 0.416 e. The summed E-state index contributed by atoms with van der Waals surface area (Å²) in [4.78, 5) is 12.1. The van der Waals surface area contributed by atoms with Gasteiger partial charge in [-0.25, -0.2) is 4.79 Å². The van der Waals surface area contributed by atoms with Gasteiger partial charge >= 0.3 is 11.9 Å². The molecular formula is C17H15F3N4O2. The second-order valence-electron chi connectivity index (χ2n) is 5.65. The average Bonchev–Trinajstić information content (AvgIpc) is 2.92. The number of halogens is 3. The van der Waals surface area contributed by atoms with Gasteiger partial charge in [0.1, 0.15) is 12.4 Å². The van der Waals surface area contributed by atoms with E-state index >= 15 is 0 Å². The second-order valence-corrected chi connectivity index (χ2v) is 5.65. The van der Waals surface area contributed by atoms with Crippen molar-refractivity contribution in [2.75, 3.05) is 0 Å². The van der Waals surface area contributed by atoms with Gasteiger partial charge in [0.05, 0.1) is 11.3 Å². The maximum absolute atomic E-state index is 13.5. The molecule has 1 heterocycles. The summed E-state index contributed by atoms with van der Waals surface area (Å²) in [5, 5.41) is 7.19. The van der Waals surface area contributed by atoms with E-state index in [1.54, 1.807) is 31.2 Å². The zero-order chi connectivity index (χ0) is 18.9. The lowest BCUT2D eigenvalue weighted by molar-refractivity contribution is -0.138. The van der Waals surface area contributed by atoms with Gasteiger partial charge in [-0.05, 0) is 41.1 Å². The molecule has 0 saturated heterocycles. The van der Waals surface area contributed by atoms with Gasteiger partial charge in [-0.2, -0.15) is 22.5 Å². The predicted molar refractivity (Wildman–Crippen MR) is 87.1 cm³/mol. The molecule has 0 aliphatic rings. The topological polar surface area (TPSA) is 61.9 Å². The van der Waals surface area contributed by atoms with E-state index < -0.39 is 17.4 Å². The largest absolute Gasteiger partial charge is 0.489 e. The molecule has 6 nitrogen and oxygen atoms in total. The number of tetrazole rings is 1. The molecule has 0 spiro atoms. The van der Waals surface area contributed by atoms with Crippen molar-refractivity contribution >= 4 is 0 Å². The van der Waals surface area contributed by atoms with E-state index in [4.69, 9.17) is 4.74 Å². The van der Waals surface area contributed by atoms with Crippen molar-refractivity contribution in [1.29, 1.82) is 0 Å². The Morgan fingerprint density at radius 1 is 1.08 bits per heavy atom. The molecule has 2 aromatic carbocycles. The standard InChI is InChI=1S/C17H15F3N4O2/c1-11-6-3-4-9-15(11)26-10-12-13(17(18,19)20)7-5-8-14(12)24-16(25)23(2)21-22-24/h3-9H,10H2,1-2H3. The van der Waals surface area contributed by atoms with Crippen LogP contribution in [0.4, 0.5) is 13.2 Å². The zero-order valence-electron chi connectivity index (χ0n) is 14.0. The molecule has 0 saturated carbocycles. The van der Waals surface area contributed by atoms with Gasteiger partial charge in [0.2, 0.25) is 0 Å². The fourth-order valence-electron chi connectivity index (χ4n) is 2.52. The molecule has 0 radical (unpaired) electrons. The quantitative estimate of drug-likeness (QED) is 0.714. The van der Waals surface area contributed by atoms with E-state index in [2.05, 4.69) is 10.4 Å². The van der Waals surface area contributed by atoms with Gasteiger partial charge in [0.15, 0.2) is 0 Å². The van der Waals surface area contributed by atoms with Crippen LogP contribution in [0.5, 0.6) is 5.75 Å². The Morgan fingerprint density at radius 2 is 1.81 bits per heavy atom. The van der Waals surface area contributed by atoms with Crippen LogP contribution in [0.3, 0.4) is 0 Å². The van der Waals surface area contributed by atoms with Crippen molar-refractivity contribution in [3.05, 3.63) is 69.6 Å². The molecule has 0 fully saturated rings. The van der Waals surface area contributed by atoms with Crippen molar-refractivity contribution in [3.8, 4) is 11.4 Å². The monoisotopic (exact) mass is 364 g/mol. The lowest BCUT2D eigenvalue weighted by atomic mass is 10.1. The highest BCUT2D eigenvalue weighted by atomic mass is 19.4. The van der Waals surface area contributed by atoms with Gasteiger partial charge in [-0.15, -0.1) is 0 Å². The molecule has 0 atom stereocenters. The first-order valence-electron chi connectivity index (χ1n) is 7.66. The molecule has 9 heteroatoms. The molecule has 136 valence electrons. The van der Waals surface area contributed by atoms with E-state index in [1.165, 1.54) is 19.2 Å². The number of rotatable bonds is 4. The summed E-state index contributed by atoms with van der Waals surface area (Å²) in [5.74, 6) is 0.460. The van der Waals surface area contributed by atoms with Gasteiger partial charge in [0.25, 0.3) is 0 Å². The summed E-state index contributed by atoms with van der Waals surface area (Å²) in [6.07, 6.45) is -4.60. The highest BCUT2D eigenvalue weighted by Crippen LogP contribution is 2.35. The van der Waals surface area contributed by atoms with Crippen LogP contribution in [0, 0.1) is 6.92 Å². The van der Waals surface area contributed by atoms with Gasteiger partial charge in [0, 0.05) is 12.6 Å². The van der Waals surface area contributed by atoms with Crippen molar-refractivity contribution in [2.45, 2.75) is 19.7 Å². The number of hydrogen-bond donors (Lipinski definition) is 0. The van der Waals surface area contributed by atoms with E-state index in [9.17, 15) is 18.0 Å². The Hall–Kier alpha value is -3.10. The Bertz CT molecular complexity index is 992. The van der Waals surface area contributed by atoms with E-state index in [1.807, 2.05) is 0 Å². The molecule has 0 bridgehead atoms. The number of alkyl halides is 3. The highest BCUT2D eigenvalue weighted by Gasteiger charge is 2.35. The van der Waals surface area contributed by atoms with Crippen molar-refractivity contribution < 1.29 is 17.9 Å². The molecule has 26 heavy (non-hydrogen) atoms. The van der Waals surface area contributed by atoms with Gasteiger partial charge in [-0.3, -0.25) is 0 Å². The van der Waals surface area contributed by atoms with Crippen LogP contribution in [0.15, 0.2) is 47.3 Å². The highest BCUT2D eigenvalue weighted by molar-refractivity contribution is 5.46. The maximum Gasteiger partial charge on any atom is 0.416 e. The van der Waals surface area contributed by atoms with Crippen molar-refractivity contribution in [2.24, 2.45) is 7.05 Å². The molecule has 0 unspecified atom stereocenters. The maximum atomic E-state index is 13.5. The van der Waals surface area contributed by atoms with Crippen molar-refractivity contribution in [1.82, 2.24) is 19.8 Å². The zero-order valence-corrected chi connectivity index (χ0v) is 14.0. The van der Waals surface area contributed by atoms with E-state index in [0.717, 1.165) is 21.0 Å². The summed E-state index contributed by atoms with van der Waals surface area (Å²) in [6.45, 7) is 1.41. The normalized spacial score (nSPS) is 11.6. The van der Waals surface area contributed by atoms with Crippen molar-refractivity contribution in [3.63, 3.8) is 0 Å². The molecular weight excluding hydrogens is 349 g/mol. The fraction of sp³-hybridized carbons (Fsp3) is 0.235. The minimum atomic E-state index is -4.60. The van der Waals surface area contributed by atoms with Gasteiger partial charge in [-0.1, -0.05) is 24.3 Å². The number of aromatic nitrogens is 4. The Labute approximate surface area is 146 Å². The first-order valence-corrected chi connectivity index (χ1v) is 7.66. The summed E-state index contributed by atoms with van der Waals surface area (Å²) < 4.78 is 47.8. The molecule has 3 aromatic rings. The minimum Gasteiger partial charge on any atom is -0.489 e. The lowest BCUT2D eigenvalue weighted by Crippen LogP contribution is -2.24. The summed E-state index contributed by atoms with van der Waals surface area (Å²) in [5.41, 5.74) is -0.963. The number of aryl methyl sites for hydroxylation is 2. The van der Waals surface area contributed by atoms with Crippen LogP contribution in [0.1, 0.15) is 16.7 Å². The molecule has 3 rings (SSSR count). The predicted octanol–water partition coefficient (Wildman–Crippen LogP) is 2.87. The van der Waals surface area contributed by atoms with E-state index in [-0.39, 0.29) is 17.9 Å². The van der Waals surface area contributed by atoms with Gasteiger partial charge < -0.3 is 4.74 Å². The molecule has 0 aliphatic heterocycles. The van der Waals surface area contributed by atoms with Crippen LogP contribution >= 0.6 is 0 Å². The molecule has 1 aromatic heterocycles. The summed E-state index contributed by atoms with van der Waals surface area (Å²) >= 11 is 0. The number of benzene rings is 2. The Kier molecular flexibility index (Phi) is 4.54. The summed E-state index contributed by atoms with van der Waals surface area (Å²) in [7, 11) is 1.36. The average molecular weight is 364 g/mol. The van der Waals surface area contributed by atoms with Crippen LogP contribution in [0.2, 0.25) is 0 Å². The van der Waals surface area contributed by atoms with Crippen LogP contribution in [-0.2, 0) is 19.8 Å². The number of nitrogens with zero attached hydrogens (tertiary/aromatic N) is 4. The van der Waals surface area contributed by atoms with E-state index in [0.29, 0.717) is 5.75 Å². The second kappa shape index (κ2) is 6.66. The molecule has 0 N–H and O–H groups in total. The van der Waals surface area contributed by atoms with Crippen LogP contribution < -0.4 is 10.4 Å². The summed E-state index contributed by atoms with van der Waals surface area (Å²) in [6, 6.07) is 10.5. The first-order chi connectivity index (χ1) is 12.3. The number of ether oxygens (including phenoxy) is 1. The third-order valence-electron chi connectivity index (χ3n) is 3.87. The lowest BCUT2D eigenvalue weighted by Gasteiger charge is -2.17. The number of para-hydroxylation sites is 1. The van der Waals surface area contributed by atoms with Crippen LogP contribution in [-0.4, -0.2) is 19.8 Å². The molecule has 0 amide bonds. The molecule has 0 aliphatic carbocycles. The fourth-order valence-corrected chi connectivity index (χ4v) is 2.52. The third kappa shape index (κ3) is 3.32. The Balaban J connectivity index is 2.10. The number of hydrogen-bond acceptors (Lipinski definition) is 4. The SMILES string of the molecule is Cc1ccccc1OCc1c(-n2nnn(C)c2=O)cccc1C(F)(F)F.